The van der Waals surface area contributed by atoms with E-state index < -0.39 is 11.9 Å². The SMILES string of the molecule is COCc1nc2nn(C)cc2cc1-c1nc(-c2cccc3nn(-c4cc(C(F)(F)F)n(C)n4)cc23)c(C2CC2)n1C. The molecule has 5 aromatic heterocycles. The van der Waals surface area contributed by atoms with Gasteiger partial charge in [-0.3, -0.25) is 9.36 Å². The highest BCUT2D eigenvalue weighted by atomic mass is 19.4. The zero-order valence-electron chi connectivity index (χ0n) is 22.8. The van der Waals surface area contributed by atoms with Crippen molar-refractivity contribution in [2.45, 2.75) is 31.5 Å². The van der Waals surface area contributed by atoms with Gasteiger partial charge in [-0.2, -0.15) is 28.5 Å². The van der Waals surface area contributed by atoms with Crippen LogP contribution in [0.1, 0.15) is 35.8 Å². The second-order valence-electron chi connectivity index (χ2n) is 10.5. The molecule has 1 saturated carbocycles. The summed E-state index contributed by atoms with van der Waals surface area (Å²) in [6.07, 6.45) is 1.24. The van der Waals surface area contributed by atoms with E-state index in [-0.39, 0.29) is 5.82 Å². The molecule has 1 aliphatic carbocycles. The number of fused-ring (bicyclic) bond motifs is 2. The first kappa shape index (κ1) is 25.4. The van der Waals surface area contributed by atoms with E-state index in [1.807, 2.05) is 44.6 Å². The fourth-order valence-electron chi connectivity index (χ4n) is 5.52. The molecule has 5 heterocycles. The van der Waals surface area contributed by atoms with E-state index in [0.29, 0.717) is 23.7 Å². The van der Waals surface area contributed by atoms with E-state index in [2.05, 4.69) is 19.9 Å². The summed E-state index contributed by atoms with van der Waals surface area (Å²) < 4.78 is 51.8. The number of benzene rings is 1. The predicted octanol–water partition coefficient (Wildman–Crippen LogP) is 5.15. The molecule has 13 heteroatoms. The van der Waals surface area contributed by atoms with Crippen LogP contribution in [0.3, 0.4) is 0 Å². The smallest absolute Gasteiger partial charge is 0.378 e. The van der Waals surface area contributed by atoms with Crippen molar-refractivity contribution in [3.63, 3.8) is 0 Å². The molecule has 0 atom stereocenters. The molecular weight excluding hydrogens is 535 g/mol. The molecule has 0 bridgehead atoms. The summed E-state index contributed by atoms with van der Waals surface area (Å²) in [5, 5.41) is 14.7. The van der Waals surface area contributed by atoms with E-state index in [1.165, 1.54) is 11.7 Å². The third kappa shape index (κ3) is 4.19. The van der Waals surface area contributed by atoms with Crippen LogP contribution in [0, 0.1) is 0 Å². The molecule has 0 saturated heterocycles. The molecule has 0 radical (unpaired) electrons. The van der Waals surface area contributed by atoms with E-state index in [0.717, 1.165) is 68.4 Å². The van der Waals surface area contributed by atoms with Crippen LogP contribution in [0.2, 0.25) is 0 Å². The number of alkyl halides is 3. The number of pyridine rings is 1. The first-order valence-electron chi connectivity index (χ1n) is 13.1. The molecule has 0 spiro atoms. The Morgan fingerprint density at radius 2 is 1.78 bits per heavy atom. The van der Waals surface area contributed by atoms with Gasteiger partial charge in [-0.05, 0) is 25.0 Å². The van der Waals surface area contributed by atoms with Crippen LogP contribution in [0.25, 0.3) is 50.4 Å². The van der Waals surface area contributed by atoms with Crippen LogP contribution in [-0.2, 0) is 38.7 Å². The molecule has 41 heavy (non-hydrogen) atoms. The Balaban J connectivity index is 1.40. The van der Waals surface area contributed by atoms with Crippen molar-refractivity contribution in [1.82, 2.24) is 43.9 Å². The topological polar surface area (TPSA) is 93.4 Å². The summed E-state index contributed by atoms with van der Waals surface area (Å²) in [6.45, 7) is 0.301. The van der Waals surface area contributed by atoms with Gasteiger partial charge in [0.05, 0.1) is 23.5 Å². The highest BCUT2D eigenvalue weighted by Crippen LogP contribution is 2.47. The van der Waals surface area contributed by atoms with Crippen LogP contribution >= 0.6 is 0 Å². The normalized spacial score (nSPS) is 14.1. The summed E-state index contributed by atoms with van der Waals surface area (Å²) in [7, 11) is 6.77. The van der Waals surface area contributed by atoms with Crippen molar-refractivity contribution in [3.05, 3.63) is 59.8 Å². The van der Waals surface area contributed by atoms with Crippen LogP contribution in [-0.4, -0.2) is 51.0 Å². The zero-order chi connectivity index (χ0) is 28.6. The highest BCUT2D eigenvalue weighted by Gasteiger charge is 2.36. The second kappa shape index (κ2) is 8.99. The summed E-state index contributed by atoms with van der Waals surface area (Å²) in [6, 6.07) is 8.74. The fourth-order valence-corrected chi connectivity index (χ4v) is 5.52. The number of aromatic nitrogens is 9. The van der Waals surface area contributed by atoms with Crippen LogP contribution in [0.4, 0.5) is 13.2 Å². The van der Waals surface area contributed by atoms with Gasteiger partial charge in [-0.15, -0.1) is 0 Å². The quantitative estimate of drug-likeness (QED) is 0.279. The van der Waals surface area contributed by atoms with Gasteiger partial charge < -0.3 is 9.30 Å². The van der Waals surface area contributed by atoms with E-state index in [9.17, 15) is 13.2 Å². The van der Waals surface area contributed by atoms with E-state index in [1.54, 1.807) is 18.0 Å². The van der Waals surface area contributed by atoms with Gasteiger partial charge in [0.15, 0.2) is 11.5 Å². The van der Waals surface area contributed by atoms with Gasteiger partial charge in [0.2, 0.25) is 0 Å². The Hall–Kier alpha value is -4.52. The first-order chi connectivity index (χ1) is 19.6. The van der Waals surface area contributed by atoms with Crippen molar-refractivity contribution < 1.29 is 17.9 Å². The highest BCUT2D eigenvalue weighted by molar-refractivity contribution is 5.95. The molecular formula is C28H26F3N9O. The molecule has 1 aromatic carbocycles. The Labute approximate surface area is 232 Å². The zero-order valence-corrected chi connectivity index (χ0v) is 22.8. The molecule has 1 fully saturated rings. The van der Waals surface area contributed by atoms with Crippen molar-refractivity contribution in [3.8, 4) is 28.5 Å². The lowest BCUT2D eigenvalue weighted by molar-refractivity contribution is -0.143. The number of ether oxygens (including phenoxy) is 1. The monoisotopic (exact) mass is 561 g/mol. The average Bonchev–Trinajstić information content (AvgIpc) is 3.22. The number of halogens is 3. The number of hydrogen-bond donors (Lipinski definition) is 0. The van der Waals surface area contributed by atoms with Gasteiger partial charge in [0.25, 0.3) is 0 Å². The van der Waals surface area contributed by atoms with Crippen LogP contribution < -0.4 is 0 Å². The minimum absolute atomic E-state index is 0.0890. The predicted molar refractivity (Wildman–Crippen MR) is 145 cm³/mol. The summed E-state index contributed by atoms with van der Waals surface area (Å²) in [5.41, 5.74) is 4.81. The Bertz CT molecular complexity index is 1960. The fraction of sp³-hybridized carbons (Fsp3) is 0.321. The second-order valence-corrected chi connectivity index (χ2v) is 10.5. The molecule has 0 N–H and O–H groups in total. The summed E-state index contributed by atoms with van der Waals surface area (Å²) in [5.74, 6) is 1.20. The van der Waals surface area contributed by atoms with Gasteiger partial charge in [0, 0.05) is 80.2 Å². The van der Waals surface area contributed by atoms with Gasteiger partial charge in [-0.25, -0.2) is 14.6 Å². The van der Waals surface area contributed by atoms with E-state index >= 15 is 0 Å². The minimum Gasteiger partial charge on any atom is -0.378 e. The maximum Gasteiger partial charge on any atom is 0.433 e. The first-order valence-corrected chi connectivity index (χ1v) is 13.1. The Kier molecular flexibility index (Phi) is 5.58. The minimum atomic E-state index is -4.52. The Morgan fingerprint density at radius 3 is 2.49 bits per heavy atom. The van der Waals surface area contributed by atoms with Crippen LogP contribution in [0.5, 0.6) is 0 Å². The molecule has 0 amide bonds. The molecule has 7 rings (SSSR count). The summed E-state index contributed by atoms with van der Waals surface area (Å²) in [4.78, 5) is 9.96. The number of imidazole rings is 1. The van der Waals surface area contributed by atoms with Gasteiger partial charge in [0.1, 0.15) is 11.5 Å². The van der Waals surface area contributed by atoms with Crippen molar-refractivity contribution in [2.24, 2.45) is 21.1 Å². The molecule has 210 valence electrons. The lowest BCUT2D eigenvalue weighted by atomic mass is 10.0. The lowest BCUT2D eigenvalue weighted by Crippen LogP contribution is -2.11. The van der Waals surface area contributed by atoms with Gasteiger partial charge in [-0.1, -0.05) is 12.1 Å². The van der Waals surface area contributed by atoms with Crippen molar-refractivity contribution in [1.29, 1.82) is 0 Å². The summed E-state index contributed by atoms with van der Waals surface area (Å²) >= 11 is 0. The molecule has 10 nitrogen and oxygen atoms in total. The lowest BCUT2D eigenvalue weighted by Gasteiger charge is -2.10. The number of aryl methyl sites for hydroxylation is 2. The Morgan fingerprint density at radius 1 is 0.976 bits per heavy atom. The molecule has 1 aliphatic rings. The molecule has 0 aliphatic heterocycles. The number of rotatable bonds is 6. The third-order valence-electron chi connectivity index (χ3n) is 7.51. The van der Waals surface area contributed by atoms with Crippen molar-refractivity contribution >= 4 is 21.9 Å². The number of nitrogens with zero attached hydrogens (tertiary/aromatic N) is 9. The standard InChI is InChI=1S/C28H26F3N9O/c1-37-12-16-10-18(21(14-41-4)32-26(16)36-37)27-33-24(25(38(27)2)15-8-9-15)17-6-5-7-20-19(17)13-40(34-20)23-11-22(28(29,30)31)39(3)35-23/h5-7,10-13,15H,8-9,14H2,1-4H3. The number of hydrogen-bond acceptors (Lipinski definition) is 6. The van der Waals surface area contributed by atoms with Crippen LogP contribution in [0.15, 0.2) is 42.7 Å². The molecule has 0 unspecified atom stereocenters. The van der Waals surface area contributed by atoms with E-state index in [4.69, 9.17) is 14.7 Å². The average molecular weight is 562 g/mol. The maximum atomic E-state index is 13.4. The largest absolute Gasteiger partial charge is 0.433 e. The van der Waals surface area contributed by atoms with Crippen molar-refractivity contribution in [2.75, 3.05) is 7.11 Å². The van der Waals surface area contributed by atoms with Gasteiger partial charge >= 0.3 is 6.18 Å². The maximum absolute atomic E-state index is 13.4. The molecule has 6 aromatic rings. The third-order valence-corrected chi connectivity index (χ3v) is 7.51. The number of methoxy groups -OCH3 is 1.